The highest BCUT2D eigenvalue weighted by Gasteiger charge is 2.62. The quantitative estimate of drug-likeness (QED) is 0.188. The summed E-state index contributed by atoms with van der Waals surface area (Å²) in [6.45, 7) is 16.4. The van der Waals surface area contributed by atoms with E-state index in [0.29, 0.717) is 77.3 Å². The zero-order valence-electron chi connectivity index (χ0n) is 33.7. The predicted molar refractivity (Wildman–Crippen MR) is 224 cm³/mol. The van der Waals surface area contributed by atoms with Gasteiger partial charge in [-0.05, 0) is 43.2 Å². The number of benzene rings is 1. The summed E-state index contributed by atoms with van der Waals surface area (Å²) in [5.41, 5.74) is 0.446. The van der Waals surface area contributed by atoms with Gasteiger partial charge in [-0.3, -0.25) is 24.0 Å². The lowest BCUT2D eigenvalue weighted by Crippen LogP contribution is -2.65. The van der Waals surface area contributed by atoms with Crippen LogP contribution in [0.5, 0.6) is 11.5 Å². The summed E-state index contributed by atoms with van der Waals surface area (Å²) in [4.78, 5) is 56.0. The molecule has 3 aromatic rings. The Morgan fingerprint density at radius 3 is 2.59 bits per heavy atom. The van der Waals surface area contributed by atoms with Gasteiger partial charge in [-0.2, -0.15) is 0 Å². The summed E-state index contributed by atoms with van der Waals surface area (Å²) in [6.07, 6.45) is 2.13. The number of hydrogen-bond donors (Lipinski definition) is 3. The number of hydrogen-bond acceptors (Lipinski definition) is 13. The molecule has 2 aliphatic carbocycles. The van der Waals surface area contributed by atoms with E-state index in [2.05, 4.69) is 40.7 Å². The number of amides is 3. The zero-order chi connectivity index (χ0) is 41.8. The van der Waals surface area contributed by atoms with Gasteiger partial charge in [-0.25, -0.2) is 18.4 Å². The summed E-state index contributed by atoms with van der Waals surface area (Å²) < 4.78 is 46.3. The fraction of sp³-hybridized carbons (Fsp3) is 0.585. The fourth-order valence-electron chi connectivity index (χ4n) is 8.31. The van der Waals surface area contributed by atoms with Crippen LogP contribution in [0.1, 0.15) is 65.0 Å². The lowest BCUT2D eigenvalue weighted by atomic mass is 9.98. The maximum Gasteiger partial charge on any atom is 0.259 e. The number of carbonyl (C=O) groups is 3. The summed E-state index contributed by atoms with van der Waals surface area (Å²) in [5.74, 6) is -1.02. The molecule has 3 amide bonds. The number of morpholine rings is 1. The molecule has 3 N–H and O–H groups in total. The Hall–Kier alpha value is -3.87. The molecule has 3 saturated heterocycles. The molecule has 0 unspecified atom stereocenters. The first-order chi connectivity index (χ1) is 28.2. The van der Waals surface area contributed by atoms with E-state index in [9.17, 15) is 22.8 Å². The first kappa shape index (κ1) is 41.8. The van der Waals surface area contributed by atoms with Crippen LogP contribution in [0.25, 0.3) is 21.6 Å². The molecule has 8 rings (SSSR count). The monoisotopic (exact) mass is 869 g/mol. The number of fused-ring (bicyclic) bond motifs is 2. The van der Waals surface area contributed by atoms with Crippen LogP contribution in [0.15, 0.2) is 36.2 Å². The highest BCUT2D eigenvalue weighted by atomic mass is 35.5. The highest BCUT2D eigenvalue weighted by molar-refractivity contribution is 7.91. The maximum absolute atomic E-state index is 14.4. The van der Waals surface area contributed by atoms with E-state index < -0.39 is 62.8 Å². The molecule has 3 aliphatic heterocycles. The van der Waals surface area contributed by atoms with Crippen molar-refractivity contribution in [3.05, 3.63) is 47.0 Å². The molecule has 1 aromatic carbocycles. The Kier molecular flexibility index (Phi) is 11.7. The molecule has 0 bridgehead atoms. The second-order valence-corrected chi connectivity index (χ2v) is 20.0. The van der Waals surface area contributed by atoms with Crippen molar-refractivity contribution in [2.75, 3.05) is 46.0 Å². The van der Waals surface area contributed by atoms with E-state index >= 15 is 0 Å². The minimum atomic E-state index is -3.87. The number of carbonyl (C=O) groups excluding carboxylic acids is 3. The number of nitrogens with zero attached hydrogens (tertiary/aromatic N) is 4. The number of pyridine rings is 1. The van der Waals surface area contributed by atoms with Crippen LogP contribution in [0.4, 0.5) is 0 Å². The first-order valence-electron chi connectivity index (χ1n) is 20.5. The molecule has 5 heterocycles. The molecule has 2 aromatic heterocycles. The van der Waals surface area contributed by atoms with Crippen molar-refractivity contribution >= 4 is 61.6 Å². The molecule has 318 valence electrons. The Morgan fingerprint density at radius 2 is 1.93 bits per heavy atom. The number of ether oxygens (including phenoxy) is 3. The van der Waals surface area contributed by atoms with E-state index in [-0.39, 0.29) is 30.6 Å². The third kappa shape index (κ3) is 8.30. The predicted octanol–water partition coefficient (Wildman–Crippen LogP) is 3.86. The molecule has 6 atom stereocenters. The maximum atomic E-state index is 14.4. The number of piperazine rings is 1. The van der Waals surface area contributed by atoms with Gasteiger partial charge >= 0.3 is 0 Å². The van der Waals surface area contributed by atoms with Gasteiger partial charge in [-0.15, -0.1) is 17.9 Å². The summed E-state index contributed by atoms with van der Waals surface area (Å²) in [7, 11) is -3.87. The van der Waals surface area contributed by atoms with E-state index in [1.54, 1.807) is 17.0 Å². The van der Waals surface area contributed by atoms with Gasteiger partial charge in [0, 0.05) is 55.4 Å². The summed E-state index contributed by atoms with van der Waals surface area (Å²) >= 11 is 8.57. The number of sulfonamides is 1. The van der Waals surface area contributed by atoms with Gasteiger partial charge in [0.25, 0.3) is 5.91 Å². The van der Waals surface area contributed by atoms with Crippen LogP contribution in [-0.4, -0.2) is 127 Å². The van der Waals surface area contributed by atoms with Crippen LogP contribution in [0.3, 0.4) is 0 Å². The lowest BCUT2D eigenvalue weighted by Gasteiger charge is -2.40. The Balaban J connectivity index is 1.11. The number of nitrogens with one attached hydrogen (secondary N) is 3. The van der Waals surface area contributed by atoms with Crippen molar-refractivity contribution in [2.24, 2.45) is 11.8 Å². The van der Waals surface area contributed by atoms with Gasteiger partial charge in [-0.1, -0.05) is 45.4 Å². The summed E-state index contributed by atoms with van der Waals surface area (Å²) in [5, 5.41) is 9.28. The highest BCUT2D eigenvalue weighted by Crippen LogP contribution is 2.46. The number of halogens is 1. The fourth-order valence-corrected chi connectivity index (χ4v) is 10.9. The van der Waals surface area contributed by atoms with Crippen molar-refractivity contribution in [1.82, 2.24) is 35.1 Å². The Bertz CT molecular complexity index is 2240. The zero-order valence-corrected chi connectivity index (χ0v) is 36.1. The molecule has 2 saturated carbocycles. The van der Waals surface area contributed by atoms with E-state index in [1.807, 2.05) is 31.4 Å². The minimum absolute atomic E-state index is 0.0707. The average Bonchev–Trinajstić information content (AvgIpc) is 4.10. The molecule has 0 spiro atoms. The second-order valence-electron chi connectivity index (χ2n) is 16.8. The molecule has 5 fully saturated rings. The van der Waals surface area contributed by atoms with Gasteiger partial charge < -0.3 is 29.7 Å². The number of rotatable bonds is 15. The minimum Gasteiger partial charge on any atom is -0.491 e. The Labute approximate surface area is 353 Å². The normalized spacial score (nSPS) is 27.2. The molecule has 0 radical (unpaired) electrons. The van der Waals surface area contributed by atoms with Crippen LogP contribution >= 0.6 is 22.9 Å². The molecular weight excluding hydrogens is 818 g/mol. The van der Waals surface area contributed by atoms with Gasteiger partial charge in [0.05, 0.1) is 41.8 Å². The third-order valence-electron chi connectivity index (χ3n) is 12.1. The van der Waals surface area contributed by atoms with Crippen LogP contribution in [0.2, 0.25) is 5.02 Å². The summed E-state index contributed by atoms with van der Waals surface area (Å²) in [6, 6.07) is 3.37. The van der Waals surface area contributed by atoms with Gasteiger partial charge in [0.15, 0.2) is 0 Å². The first-order valence-corrected chi connectivity index (χ1v) is 23.3. The average molecular weight is 870 g/mol. The van der Waals surface area contributed by atoms with E-state index in [1.165, 1.54) is 11.3 Å². The second kappa shape index (κ2) is 16.5. The standard InChI is InChI=1S/C41H52ClN7O8S2/c1-6-24-19-41(24,40(52)47-59(53,54)25-7-8-25)46-37(50)29-18-33(30-20-43-35(23(4)5)39(51)49(29)30)57-32-17-27(38-45-28(21-58-38)22(2)3)44-36-26(32)9-10-31(34(36)42)56-16-13-48-11-14-55-15-12-48/h6,9-10,17,21-25,29-30,33,35,43H,1,7-8,11-16,18-20H2,2-5H3,(H,46,50)(H,47,52)/t24-,29+,30-,33-,35-,41-/m1/s1. The molecule has 15 nitrogen and oxygen atoms in total. The van der Waals surface area contributed by atoms with Crippen molar-refractivity contribution in [2.45, 2.75) is 94.3 Å². The van der Waals surface area contributed by atoms with Gasteiger partial charge in [0.2, 0.25) is 21.8 Å². The van der Waals surface area contributed by atoms with Crippen molar-refractivity contribution < 1.29 is 37.0 Å². The van der Waals surface area contributed by atoms with Crippen molar-refractivity contribution in [3.63, 3.8) is 0 Å². The van der Waals surface area contributed by atoms with Crippen molar-refractivity contribution in [1.29, 1.82) is 0 Å². The molecule has 59 heavy (non-hydrogen) atoms. The van der Waals surface area contributed by atoms with E-state index in [4.69, 9.17) is 35.8 Å². The molecule has 18 heteroatoms. The Morgan fingerprint density at radius 1 is 1.17 bits per heavy atom. The third-order valence-corrected chi connectivity index (χ3v) is 15.2. The van der Waals surface area contributed by atoms with Crippen LogP contribution in [0, 0.1) is 11.8 Å². The van der Waals surface area contributed by atoms with Crippen molar-refractivity contribution in [3.8, 4) is 22.2 Å². The topological polar surface area (TPSA) is 181 Å². The van der Waals surface area contributed by atoms with Crippen LogP contribution < -0.4 is 24.8 Å². The largest absolute Gasteiger partial charge is 0.491 e. The molecule has 5 aliphatic rings. The van der Waals surface area contributed by atoms with Crippen LogP contribution in [-0.2, 0) is 29.1 Å². The number of aromatic nitrogens is 2. The smallest absolute Gasteiger partial charge is 0.259 e. The molecular formula is C41H52ClN7O8S2. The lowest BCUT2D eigenvalue weighted by molar-refractivity contribution is -0.146. The number of thiazole rings is 1. The SMILES string of the molecule is C=C[C@@H]1C[C@]1(NC(=O)[C@@H]1C[C@@H](Oc2cc(-c3nc(C(C)C)cs3)nc3c(Cl)c(OCCN4CCOCC4)ccc23)[C@H]2CN[C@H](C(C)C)C(=O)N21)C(=O)NS(=O)(=O)C1CC1. The van der Waals surface area contributed by atoms with Gasteiger partial charge in [0.1, 0.15) is 51.5 Å². The van der Waals surface area contributed by atoms with E-state index in [0.717, 1.165) is 25.3 Å².